The number of hydrogen-bond acceptors (Lipinski definition) is 3. The molecule has 0 saturated heterocycles. The monoisotopic (exact) mass is 257 g/mol. The fraction of sp³-hybridized carbons (Fsp3) is 0.182. The average Bonchev–Trinajstić information content (AvgIpc) is 2.63. The van der Waals surface area contributed by atoms with Crippen LogP contribution in [0.15, 0.2) is 18.2 Å². The lowest BCUT2D eigenvalue weighted by Crippen LogP contribution is -1.84. The number of aliphatic hydroxyl groups excluding tert-OH is 1. The smallest absolute Gasteiger partial charge is 0.133 e. The first-order valence-corrected chi connectivity index (χ1v) is 5.84. The van der Waals surface area contributed by atoms with Crippen molar-refractivity contribution in [3.63, 3.8) is 0 Å². The third-order valence-electron chi connectivity index (χ3n) is 2.20. The minimum atomic E-state index is -0.359. The highest BCUT2D eigenvalue weighted by Gasteiger charge is 2.12. The maximum absolute atomic E-state index is 13.5. The van der Waals surface area contributed by atoms with Crippen LogP contribution >= 0.6 is 22.9 Å². The molecule has 0 unspecified atom stereocenters. The molecule has 0 aliphatic carbocycles. The molecule has 0 radical (unpaired) electrons. The highest BCUT2D eigenvalue weighted by Crippen LogP contribution is 2.31. The molecule has 1 heterocycles. The van der Waals surface area contributed by atoms with Crippen LogP contribution in [0.5, 0.6) is 0 Å². The average molecular weight is 258 g/mol. The molecular formula is C11H9ClFNOS. The fourth-order valence-corrected chi connectivity index (χ4v) is 2.46. The summed E-state index contributed by atoms with van der Waals surface area (Å²) in [5.41, 5.74) is 1.10. The normalized spacial score (nSPS) is 10.8. The van der Waals surface area contributed by atoms with Crippen molar-refractivity contribution in [3.8, 4) is 10.6 Å². The van der Waals surface area contributed by atoms with E-state index in [4.69, 9.17) is 16.7 Å². The first-order valence-electron chi connectivity index (χ1n) is 4.64. The lowest BCUT2D eigenvalue weighted by Gasteiger charge is -1.99. The van der Waals surface area contributed by atoms with E-state index >= 15 is 0 Å². The number of aryl methyl sites for hydroxylation is 1. The van der Waals surface area contributed by atoms with Crippen LogP contribution in [0, 0.1) is 12.7 Å². The van der Waals surface area contributed by atoms with E-state index in [1.165, 1.54) is 29.5 Å². The van der Waals surface area contributed by atoms with Crippen LogP contribution in [-0.4, -0.2) is 10.1 Å². The summed E-state index contributed by atoms with van der Waals surface area (Å²) in [6.07, 6.45) is 0. The highest BCUT2D eigenvalue weighted by atomic mass is 35.5. The number of aromatic nitrogens is 1. The molecule has 1 N–H and O–H groups in total. The molecule has 1 aromatic heterocycles. The number of aliphatic hydroxyl groups is 1. The van der Waals surface area contributed by atoms with Crippen molar-refractivity contribution in [3.05, 3.63) is 39.6 Å². The van der Waals surface area contributed by atoms with E-state index < -0.39 is 0 Å². The van der Waals surface area contributed by atoms with Gasteiger partial charge in [-0.05, 0) is 25.1 Å². The maximum Gasteiger partial charge on any atom is 0.133 e. The van der Waals surface area contributed by atoms with E-state index in [9.17, 15) is 4.39 Å². The zero-order chi connectivity index (χ0) is 11.7. The molecule has 2 aromatic rings. The molecule has 0 aliphatic rings. The number of nitrogens with zero attached hydrogens (tertiary/aromatic N) is 1. The second-order valence-corrected chi connectivity index (χ2v) is 4.83. The predicted molar refractivity (Wildman–Crippen MR) is 63.2 cm³/mol. The summed E-state index contributed by atoms with van der Waals surface area (Å²) in [5, 5.41) is 10.1. The van der Waals surface area contributed by atoms with Crippen molar-refractivity contribution in [1.82, 2.24) is 4.98 Å². The third-order valence-corrected chi connectivity index (χ3v) is 3.61. The van der Waals surface area contributed by atoms with Crippen molar-refractivity contribution in [2.75, 3.05) is 0 Å². The quantitative estimate of drug-likeness (QED) is 0.894. The number of benzene rings is 1. The number of thiazole rings is 1. The van der Waals surface area contributed by atoms with Crippen LogP contribution in [-0.2, 0) is 6.61 Å². The van der Waals surface area contributed by atoms with Gasteiger partial charge in [-0.25, -0.2) is 9.37 Å². The standard InChI is InChI=1S/C11H9ClFNOS/c1-6-10(5-15)16-11(14-6)8-4-7(12)2-3-9(8)13/h2-4,15H,5H2,1H3. The summed E-state index contributed by atoms with van der Waals surface area (Å²) in [6.45, 7) is 1.71. The van der Waals surface area contributed by atoms with Gasteiger partial charge in [-0.1, -0.05) is 11.6 Å². The molecular weight excluding hydrogens is 249 g/mol. The van der Waals surface area contributed by atoms with Crippen LogP contribution in [0.1, 0.15) is 10.6 Å². The lowest BCUT2D eigenvalue weighted by molar-refractivity contribution is 0.284. The molecule has 0 atom stereocenters. The minimum absolute atomic E-state index is 0.0777. The molecule has 0 spiro atoms. The molecule has 0 aliphatic heterocycles. The van der Waals surface area contributed by atoms with Crippen LogP contribution in [0.3, 0.4) is 0 Å². The van der Waals surface area contributed by atoms with Crippen LogP contribution in [0.2, 0.25) is 5.02 Å². The van der Waals surface area contributed by atoms with Crippen molar-refractivity contribution < 1.29 is 9.50 Å². The third kappa shape index (κ3) is 2.09. The molecule has 0 saturated carbocycles. The van der Waals surface area contributed by atoms with Crippen molar-refractivity contribution in [2.45, 2.75) is 13.5 Å². The maximum atomic E-state index is 13.5. The summed E-state index contributed by atoms with van der Waals surface area (Å²) in [5.74, 6) is -0.359. The van der Waals surface area contributed by atoms with Gasteiger partial charge < -0.3 is 5.11 Å². The zero-order valence-corrected chi connectivity index (χ0v) is 10.1. The second kappa shape index (κ2) is 4.49. The molecule has 1 aromatic carbocycles. The zero-order valence-electron chi connectivity index (χ0n) is 8.50. The molecule has 2 rings (SSSR count). The van der Waals surface area contributed by atoms with Crippen LogP contribution in [0.25, 0.3) is 10.6 Å². The lowest BCUT2D eigenvalue weighted by atomic mass is 10.2. The van der Waals surface area contributed by atoms with Gasteiger partial charge in [-0.15, -0.1) is 11.3 Å². The summed E-state index contributed by atoms with van der Waals surface area (Å²) in [4.78, 5) is 4.96. The molecule has 0 amide bonds. The number of halogens is 2. The van der Waals surface area contributed by atoms with Gasteiger partial charge in [0.1, 0.15) is 10.8 Å². The first kappa shape index (κ1) is 11.5. The SMILES string of the molecule is Cc1nc(-c2cc(Cl)ccc2F)sc1CO. The van der Waals surface area contributed by atoms with E-state index in [0.29, 0.717) is 15.6 Å². The Hall–Kier alpha value is -0.970. The summed E-state index contributed by atoms with van der Waals surface area (Å²) >= 11 is 7.08. The largest absolute Gasteiger partial charge is 0.391 e. The Kier molecular flexibility index (Phi) is 3.23. The van der Waals surface area contributed by atoms with Gasteiger partial charge in [0.05, 0.1) is 17.2 Å². The van der Waals surface area contributed by atoms with E-state index in [1.54, 1.807) is 6.92 Å². The van der Waals surface area contributed by atoms with Gasteiger partial charge in [0, 0.05) is 10.6 Å². The fourth-order valence-electron chi connectivity index (χ4n) is 1.35. The Morgan fingerprint density at radius 3 is 2.88 bits per heavy atom. The van der Waals surface area contributed by atoms with E-state index in [0.717, 1.165) is 10.6 Å². The van der Waals surface area contributed by atoms with Gasteiger partial charge in [-0.2, -0.15) is 0 Å². The predicted octanol–water partition coefficient (Wildman–Crippen LogP) is 3.40. The molecule has 0 bridgehead atoms. The van der Waals surface area contributed by atoms with Gasteiger partial charge in [0.2, 0.25) is 0 Å². The van der Waals surface area contributed by atoms with Crippen molar-refractivity contribution >= 4 is 22.9 Å². The van der Waals surface area contributed by atoms with E-state index in [1.807, 2.05) is 0 Å². The topological polar surface area (TPSA) is 33.1 Å². The molecule has 2 nitrogen and oxygen atoms in total. The van der Waals surface area contributed by atoms with Gasteiger partial charge >= 0.3 is 0 Å². The Balaban J connectivity index is 2.53. The van der Waals surface area contributed by atoms with Gasteiger partial charge in [0.15, 0.2) is 0 Å². The van der Waals surface area contributed by atoms with Crippen molar-refractivity contribution in [2.24, 2.45) is 0 Å². The van der Waals surface area contributed by atoms with Crippen LogP contribution < -0.4 is 0 Å². The Labute approximate surface area is 101 Å². The number of hydrogen-bond donors (Lipinski definition) is 1. The van der Waals surface area contributed by atoms with Crippen LogP contribution in [0.4, 0.5) is 4.39 Å². The van der Waals surface area contributed by atoms with E-state index in [2.05, 4.69) is 4.98 Å². The van der Waals surface area contributed by atoms with Gasteiger partial charge in [-0.3, -0.25) is 0 Å². The molecule has 5 heteroatoms. The number of rotatable bonds is 2. The molecule has 84 valence electrons. The molecule has 16 heavy (non-hydrogen) atoms. The first-order chi connectivity index (χ1) is 7.61. The summed E-state index contributed by atoms with van der Waals surface area (Å²) < 4.78 is 13.5. The Morgan fingerprint density at radius 1 is 1.50 bits per heavy atom. The second-order valence-electron chi connectivity index (χ2n) is 3.31. The Bertz CT molecular complexity index is 527. The summed E-state index contributed by atoms with van der Waals surface area (Å²) in [7, 11) is 0. The van der Waals surface area contributed by atoms with Crippen molar-refractivity contribution in [1.29, 1.82) is 0 Å². The highest BCUT2D eigenvalue weighted by molar-refractivity contribution is 7.15. The summed E-state index contributed by atoms with van der Waals surface area (Å²) in [6, 6.07) is 4.34. The minimum Gasteiger partial charge on any atom is -0.391 e. The Morgan fingerprint density at radius 2 is 2.25 bits per heavy atom. The molecule has 0 fully saturated rings. The van der Waals surface area contributed by atoms with E-state index in [-0.39, 0.29) is 12.4 Å². The van der Waals surface area contributed by atoms with Gasteiger partial charge in [0.25, 0.3) is 0 Å².